The Kier molecular flexibility index (Phi) is 5.56. The second kappa shape index (κ2) is 6.72. The quantitative estimate of drug-likeness (QED) is 0.835. The van der Waals surface area contributed by atoms with Gasteiger partial charge in [0.25, 0.3) is 0 Å². The van der Waals surface area contributed by atoms with E-state index in [2.05, 4.69) is 20.7 Å². The van der Waals surface area contributed by atoms with Crippen LogP contribution in [0, 0.1) is 5.82 Å². The van der Waals surface area contributed by atoms with Crippen LogP contribution in [0.5, 0.6) is 11.5 Å². The van der Waals surface area contributed by atoms with Gasteiger partial charge in [0, 0.05) is 6.07 Å². The van der Waals surface area contributed by atoms with Gasteiger partial charge < -0.3 is 19.3 Å². The zero-order valence-corrected chi connectivity index (χ0v) is 12.3. The largest absolute Gasteiger partial charge is 0.493 e. The maximum Gasteiger partial charge on any atom is 0.339 e. The van der Waals surface area contributed by atoms with E-state index in [-0.39, 0.29) is 28.1 Å². The van der Waals surface area contributed by atoms with E-state index >= 15 is 0 Å². The van der Waals surface area contributed by atoms with Crippen LogP contribution in [0.4, 0.5) is 4.39 Å². The molecule has 1 unspecified atom stereocenters. The zero-order valence-electron chi connectivity index (χ0n) is 10.7. The summed E-state index contributed by atoms with van der Waals surface area (Å²) in [5.41, 5.74) is -0.327. The molecule has 0 bridgehead atoms. The molecule has 0 aliphatic heterocycles. The smallest absolute Gasteiger partial charge is 0.339 e. The number of benzene rings is 1. The van der Waals surface area contributed by atoms with Crippen molar-refractivity contribution in [3.05, 3.63) is 21.9 Å². The maximum atomic E-state index is 14.1. The predicted octanol–water partition coefficient (Wildman–Crippen LogP) is 2.20. The molecule has 1 aromatic carbocycles. The molecule has 0 aromatic heterocycles. The van der Waals surface area contributed by atoms with E-state index in [1.807, 2.05) is 0 Å². The molecule has 0 radical (unpaired) electrons. The standard InChI is InChI=1S/C12H14BrFO5/c1-4-19-12(16)10(15)8-9(14)6(13)5-7(17-2)11(8)18-3/h5,10,15H,4H2,1-3H3. The average molecular weight is 337 g/mol. The van der Waals surface area contributed by atoms with Crippen LogP contribution in [0.15, 0.2) is 10.5 Å². The SMILES string of the molecule is CCOC(=O)C(O)c1c(F)c(Br)cc(OC)c1OC. The summed E-state index contributed by atoms with van der Waals surface area (Å²) in [6.45, 7) is 1.66. The van der Waals surface area contributed by atoms with Crippen LogP contribution in [0.2, 0.25) is 0 Å². The molecule has 106 valence electrons. The minimum Gasteiger partial charge on any atom is -0.493 e. The highest BCUT2D eigenvalue weighted by molar-refractivity contribution is 9.10. The van der Waals surface area contributed by atoms with Crippen molar-refractivity contribution >= 4 is 21.9 Å². The van der Waals surface area contributed by atoms with Gasteiger partial charge >= 0.3 is 5.97 Å². The lowest BCUT2D eigenvalue weighted by Crippen LogP contribution is -2.18. The second-order valence-electron chi connectivity index (χ2n) is 3.48. The van der Waals surface area contributed by atoms with Crippen LogP contribution in [0.1, 0.15) is 18.6 Å². The summed E-state index contributed by atoms with van der Waals surface area (Å²) in [5.74, 6) is -1.63. The lowest BCUT2D eigenvalue weighted by molar-refractivity contribution is -0.153. The first-order valence-corrected chi connectivity index (χ1v) is 6.21. The van der Waals surface area contributed by atoms with Crippen LogP contribution >= 0.6 is 15.9 Å². The Labute approximate surface area is 118 Å². The molecule has 0 amide bonds. The van der Waals surface area contributed by atoms with E-state index in [0.29, 0.717) is 0 Å². The molecule has 1 atom stereocenters. The molecule has 1 aromatic rings. The van der Waals surface area contributed by atoms with Crippen molar-refractivity contribution in [1.29, 1.82) is 0 Å². The highest BCUT2D eigenvalue weighted by Gasteiger charge is 2.30. The number of hydrogen-bond acceptors (Lipinski definition) is 5. The number of hydrogen-bond donors (Lipinski definition) is 1. The summed E-state index contributed by atoms with van der Waals surface area (Å²) in [4.78, 5) is 11.5. The molecule has 0 saturated carbocycles. The Balaban J connectivity index is 3.38. The molecule has 1 N–H and O–H groups in total. The number of aliphatic hydroxyl groups excluding tert-OH is 1. The third-order valence-electron chi connectivity index (χ3n) is 2.38. The third-order valence-corrected chi connectivity index (χ3v) is 2.96. The molecule has 7 heteroatoms. The number of aliphatic hydroxyl groups is 1. The molecule has 0 aliphatic carbocycles. The van der Waals surface area contributed by atoms with Crippen molar-refractivity contribution in [3.8, 4) is 11.5 Å². The Morgan fingerprint density at radius 3 is 2.58 bits per heavy atom. The van der Waals surface area contributed by atoms with E-state index in [1.54, 1.807) is 6.92 Å². The Hall–Kier alpha value is -1.34. The average Bonchev–Trinajstić information content (AvgIpc) is 2.40. The van der Waals surface area contributed by atoms with E-state index < -0.39 is 17.9 Å². The molecule has 0 spiro atoms. The van der Waals surface area contributed by atoms with Gasteiger partial charge in [-0.2, -0.15) is 0 Å². The lowest BCUT2D eigenvalue weighted by atomic mass is 10.1. The molecule has 0 saturated heterocycles. The van der Waals surface area contributed by atoms with Gasteiger partial charge in [-0.15, -0.1) is 0 Å². The molecular formula is C12H14BrFO5. The van der Waals surface area contributed by atoms with Crippen molar-refractivity contribution < 1.29 is 28.5 Å². The molecule has 1 rings (SSSR count). The number of methoxy groups -OCH3 is 2. The molecule has 19 heavy (non-hydrogen) atoms. The Morgan fingerprint density at radius 2 is 2.11 bits per heavy atom. The summed E-state index contributed by atoms with van der Waals surface area (Å²) < 4.78 is 28.8. The fourth-order valence-electron chi connectivity index (χ4n) is 1.55. The lowest BCUT2D eigenvalue weighted by Gasteiger charge is -2.18. The monoisotopic (exact) mass is 336 g/mol. The summed E-state index contributed by atoms with van der Waals surface area (Å²) in [6, 6.07) is 1.34. The van der Waals surface area contributed by atoms with E-state index in [0.717, 1.165) is 0 Å². The fourth-order valence-corrected chi connectivity index (χ4v) is 1.97. The first-order valence-electron chi connectivity index (χ1n) is 5.42. The van der Waals surface area contributed by atoms with Crippen molar-refractivity contribution in [2.24, 2.45) is 0 Å². The first kappa shape index (κ1) is 15.7. The minimum absolute atomic E-state index is 0.0449. The highest BCUT2D eigenvalue weighted by Crippen LogP contribution is 2.40. The van der Waals surface area contributed by atoms with Crippen LogP contribution in [0.25, 0.3) is 0 Å². The first-order chi connectivity index (χ1) is 8.97. The van der Waals surface area contributed by atoms with Crippen LogP contribution in [0.3, 0.4) is 0 Å². The summed E-state index contributed by atoms with van der Waals surface area (Å²) in [7, 11) is 2.65. The van der Waals surface area contributed by atoms with E-state index in [9.17, 15) is 14.3 Å². The Morgan fingerprint density at radius 1 is 1.47 bits per heavy atom. The van der Waals surface area contributed by atoms with Gasteiger partial charge in [-0.3, -0.25) is 0 Å². The summed E-state index contributed by atoms with van der Waals surface area (Å²) >= 11 is 2.98. The van der Waals surface area contributed by atoms with Gasteiger partial charge in [0.1, 0.15) is 5.82 Å². The van der Waals surface area contributed by atoms with Gasteiger partial charge in [-0.05, 0) is 22.9 Å². The number of halogens is 2. The molecule has 0 fully saturated rings. The highest BCUT2D eigenvalue weighted by atomic mass is 79.9. The Bertz CT molecular complexity index is 478. The second-order valence-corrected chi connectivity index (χ2v) is 4.33. The van der Waals surface area contributed by atoms with Gasteiger partial charge in [0.2, 0.25) is 0 Å². The van der Waals surface area contributed by atoms with E-state index in [1.165, 1.54) is 20.3 Å². The zero-order chi connectivity index (χ0) is 14.6. The number of carbonyl (C=O) groups excluding carboxylic acids is 1. The van der Waals surface area contributed by atoms with Crippen molar-refractivity contribution in [1.82, 2.24) is 0 Å². The molecular weight excluding hydrogens is 323 g/mol. The van der Waals surface area contributed by atoms with Gasteiger partial charge in [0.15, 0.2) is 17.6 Å². The summed E-state index contributed by atoms with van der Waals surface area (Å²) in [5, 5.41) is 9.89. The maximum absolute atomic E-state index is 14.1. The predicted molar refractivity (Wildman–Crippen MR) is 68.8 cm³/mol. The van der Waals surface area contributed by atoms with E-state index in [4.69, 9.17) is 9.47 Å². The normalized spacial score (nSPS) is 11.9. The van der Waals surface area contributed by atoms with Crippen molar-refractivity contribution in [3.63, 3.8) is 0 Å². The topological polar surface area (TPSA) is 65.0 Å². The number of carbonyl (C=O) groups is 1. The van der Waals surface area contributed by atoms with Crippen LogP contribution in [-0.2, 0) is 9.53 Å². The van der Waals surface area contributed by atoms with Crippen molar-refractivity contribution in [2.45, 2.75) is 13.0 Å². The molecule has 0 heterocycles. The fraction of sp³-hybridized carbons (Fsp3) is 0.417. The van der Waals surface area contributed by atoms with Gasteiger partial charge in [-0.25, -0.2) is 9.18 Å². The number of ether oxygens (including phenoxy) is 3. The minimum atomic E-state index is -1.79. The number of esters is 1. The van der Waals surface area contributed by atoms with Crippen LogP contribution in [-0.4, -0.2) is 31.9 Å². The van der Waals surface area contributed by atoms with Crippen molar-refractivity contribution in [2.75, 3.05) is 20.8 Å². The molecule has 0 aliphatic rings. The number of rotatable bonds is 5. The molecule has 5 nitrogen and oxygen atoms in total. The summed E-state index contributed by atoms with van der Waals surface area (Å²) in [6.07, 6.45) is -1.79. The van der Waals surface area contributed by atoms with Crippen LogP contribution < -0.4 is 9.47 Å². The van der Waals surface area contributed by atoms with Gasteiger partial charge in [0.05, 0.1) is 30.9 Å². The third kappa shape index (κ3) is 3.16. The van der Waals surface area contributed by atoms with Gasteiger partial charge in [-0.1, -0.05) is 0 Å².